The monoisotopic (exact) mass is 199 g/mol. The van der Waals surface area contributed by atoms with Crippen LogP contribution in [-0.4, -0.2) is 18.8 Å². The molecule has 0 aliphatic heterocycles. The van der Waals surface area contributed by atoms with Crippen molar-refractivity contribution in [2.75, 3.05) is 13.7 Å². The SMILES string of the molecule is COc1cc(C(F)CCN)ccc1O. The molecule has 1 unspecified atom stereocenters. The van der Waals surface area contributed by atoms with Gasteiger partial charge in [0.15, 0.2) is 11.5 Å². The topological polar surface area (TPSA) is 55.5 Å². The van der Waals surface area contributed by atoms with Crippen LogP contribution in [0.1, 0.15) is 18.2 Å². The van der Waals surface area contributed by atoms with E-state index in [1.807, 2.05) is 0 Å². The van der Waals surface area contributed by atoms with Gasteiger partial charge in [-0.3, -0.25) is 0 Å². The van der Waals surface area contributed by atoms with Crippen molar-refractivity contribution in [3.8, 4) is 11.5 Å². The second kappa shape index (κ2) is 4.81. The highest BCUT2D eigenvalue weighted by Gasteiger charge is 2.11. The van der Waals surface area contributed by atoms with Gasteiger partial charge in [-0.1, -0.05) is 6.07 Å². The highest BCUT2D eigenvalue weighted by atomic mass is 19.1. The number of hydrogen-bond acceptors (Lipinski definition) is 3. The summed E-state index contributed by atoms with van der Waals surface area (Å²) in [6, 6.07) is 4.42. The molecule has 0 fully saturated rings. The molecular formula is C10H14FNO2. The van der Waals surface area contributed by atoms with Crippen LogP contribution in [0.15, 0.2) is 18.2 Å². The van der Waals surface area contributed by atoms with Gasteiger partial charge in [0.2, 0.25) is 0 Å². The quantitative estimate of drug-likeness (QED) is 0.776. The van der Waals surface area contributed by atoms with Crippen molar-refractivity contribution in [3.05, 3.63) is 23.8 Å². The molecule has 0 radical (unpaired) electrons. The maximum Gasteiger partial charge on any atom is 0.160 e. The molecule has 3 N–H and O–H groups in total. The third-order valence-electron chi connectivity index (χ3n) is 1.99. The molecule has 4 heteroatoms. The van der Waals surface area contributed by atoms with Crippen molar-refractivity contribution in [3.63, 3.8) is 0 Å². The van der Waals surface area contributed by atoms with Gasteiger partial charge in [0.1, 0.15) is 6.17 Å². The summed E-state index contributed by atoms with van der Waals surface area (Å²) >= 11 is 0. The van der Waals surface area contributed by atoms with Crippen molar-refractivity contribution >= 4 is 0 Å². The number of alkyl halides is 1. The molecular weight excluding hydrogens is 185 g/mol. The number of phenols is 1. The van der Waals surface area contributed by atoms with Crippen LogP contribution in [0.5, 0.6) is 11.5 Å². The first-order chi connectivity index (χ1) is 6.69. The summed E-state index contributed by atoms with van der Waals surface area (Å²) in [6.07, 6.45) is -0.831. The third-order valence-corrected chi connectivity index (χ3v) is 1.99. The van der Waals surface area contributed by atoms with E-state index in [-0.39, 0.29) is 17.9 Å². The Hall–Kier alpha value is -1.29. The van der Waals surface area contributed by atoms with Crippen LogP contribution in [-0.2, 0) is 0 Å². The van der Waals surface area contributed by atoms with Gasteiger partial charge >= 0.3 is 0 Å². The van der Waals surface area contributed by atoms with Gasteiger partial charge in [-0.05, 0) is 30.7 Å². The fourth-order valence-electron chi connectivity index (χ4n) is 1.20. The minimum atomic E-state index is -1.10. The Balaban J connectivity index is 2.88. The molecule has 3 nitrogen and oxygen atoms in total. The summed E-state index contributed by atoms with van der Waals surface area (Å²) in [7, 11) is 1.43. The average molecular weight is 199 g/mol. The van der Waals surface area contributed by atoms with E-state index >= 15 is 0 Å². The van der Waals surface area contributed by atoms with E-state index in [9.17, 15) is 9.50 Å². The number of aromatic hydroxyl groups is 1. The molecule has 0 spiro atoms. The van der Waals surface area contributed by atoms with Crippen LogP contribution in [0.2, 0.25) is 0 Å². The summed E-state index contributed by atoms with van der Waals surface area (Å²) in [5.41, 5.74) is 5.72. The molecule has 1 aromatic carbocycles. The molecule has 0 aromatic heterocycles. The zero-order valence-corrected chi connectivity index (χ0v) is 8.03. The molecule has 0 amide bonds. The van der Waals surface area contributed by atoms with Crippen molar-refractivity contribution < 1.29 is 14.2 Å². The van der Waals surface area contributed by atoms with Crippen LogP contribution < -0.4 is 10.5 Å². The molecule has 14 heavy (non-hydrogen) atoms. The molecule has 1 rings (SSSR count). The largest absolute Gasteiger partial charge is 0.504 e. The number of methoxy groups -OCH3 is 1. The van der Waals surface area contributed by atoms with Crippen LogP contribution in [0.25, 0.3) is 0 Å². The van der Waals surface area contributed by atoms with E-state index in [1.165, 1.54) is 25.3 Å². The zero-order chi connectivity index (χ0) is 10.6. The van der Waals surface area contributed by atoms with Crippen LogP contribution in [0.3, 0.4) is 0 Å². The lowest BCUT2D eigenvalue weighted by Crippen LogP contribution is -2.03. The molecule has 0 saturated heterocycles. The summed E-state index contributed by atoms with van der Waals surface area (Å²) in [4.78, 5) is 0. The van der Waals surface area contributed by atoms with E-state index < -0.39 is 6.17 Å². The predicted molar refractivity (Wildman–Crippen MR) is 52.2 cm³/mol. The van der Waals surface area contributed by atoms with Gasteiger partial charge in [0.25, 0.3) is 0 Å². The Bertz CT molecular complexity index is 304. The highest BCUT2D eigenvalue weighted by molar-refractivity contribution is 5.42. The molecule has 1 atom stereocenters. The number of halogens is 1. The lowest BCUT2D eigenvalue weighted by molar-refractivity contribution is 0.323. The summed E-state index contributed by atoms with van der Waals surface area (Å²) in [5.74, 6) is 0.290. The first kappa shape index (κ1) is 10.8. The highest BCUT2D eigenvalue weighted by Crippen LogP contribution is 2.31. The third kappa shape index (κ3) is 2.35. The van der Waals surface area contributed by atoms with Crippen LogP contribution in [0.4, 0.5) is 4.39 Å². The Morgan fingerprint density at radius 2 is 2.29 bits per heavy atom. The molecule has 0 bridgehead atoms. The Kier molecular flexibility index (Phi) is 3.71. The standard InChI is InChI=1S/C10H14FNO2/c1-14-10-6-7(2-3-9(10)13)8(11)4-5-12/h2-3,6,8,13H,4-5,12H2,1H3. The van der Waals surface area contributed by atoms with Gasteiger partial charge in [0.05, 0.1) is 7.11 Å². The molecule has 0 saturated carbocycles. The summed E-state index contributed by atoms with van der Waals surface area (Å²) in [5, 5.41) is 9.27. The van der Waals surface area contributed by atoms with Crippen molar-refractivity contribution in [2.45, 2.75) is 12.6 Å². The Morgan fingerprint density at radius 3 is 2.86 bits per heavy atom. The molecule has 78 valence electrons. The first-order valence-corrected chi connectivity index (χ1v) is 4.40. The Labute approximate surface area is 82.3 Å². The van der Waals surface area contributed by atoms with Gasteiger partial charge in [0, 0.05) is 0 Å². The van der Waals surface area contributed by atoms with E-state index in [2.05, 4.69) is 0 Å². The normalized spacial score (nSPS) is 12.5. The average Bonchev–Trinajstić information content (AvgIpc) is 2.19. The van der Waals surface area contributed by atoms with Crippen LogP contribution in [0, 0.1) is 0 Å². The number of ether oxygens (including phenoxy) is 1. The zero-order valence-electron chi connectivity index (χ0n) is 8.03. The first-order valence-electron chi connectivity index (χ1n) is 4.40. The van der Waals surface area contributed by atoms with Crippen molar-refractivity contribution in [1.29, 1.82) is 0 Å². The van der Waals surface area contributed by atoms with Crippen molar-refractivity contribution in [2.24, 2.45) is 5.73 Å². The fourth-order valence-corrected chi connectivity index (χ4v) is 1.20. The van der Waals surface area contributed by atoms with E-state index in [1.54, 1.807) is 0 Å². The summed E-state index contributed by atoms with van der Waals surface area (Å²) in [6.45, 7) is 0.296. The van der Waals surface area contributed by atoms with Crippen LogP contribution >= 0.6 is 0 Å². The minimum absolute atomic E-state index is 0.0104. The van der Waals surface area contributed by atoms with E-state index in [0.717, 1.165) is 0 Å². The maximum atomic E-state index is 13.4. The summed E-state index contributed by atoms with van der Waals surface area (Å²) < 4.78 is 18.2. The van der Waals surface area contributed by atoms with E-state index in [0.29, 0.717) is 12.1 Å². The lowest BCUT2D eigenvalue weighted by Gasteiger charge is -2.09. The lowest BCUT2D eigenvalue weighted by atomic mass is 10.1. The number of phenolic OH excluding ortho intramolecular Hbond substituents is 1. The molecule has 0 aliphatic carbocycles. The number of rotatable bonds is 4. The minimum Gasteiger partial charge on any atom is -0.504 e. The van der Waals surface area contributed by atoms with Crippen molar-refractivity contribution in [1.82, 2.24) is 0 Å². The van der Waals surface area contributed by atoms with Gasteiger partial charge < -0.3 is 15.6 Å². The number of benzene rings is 1. The Morgan fingerprint density at radius 1 is 1.57 bits per heavy atom. The molecule has 0 aliphatic rings. The number of hydrogen-bond donors (Lipinski definition) is 2. The predicted octanol–water partition coefficient (Wildman–Crippen LogP) is 1.76. The van der Waals surface area contributed by atoms with Gasteiger partial charge in [-0.25, -0.2) is 4.39 Å². The number of nitrogens with two attached hydrogens (primary N) is 1. The van der Waals surface area contributed by atoms with Gasteiger partial charge in [-0.2, -0.15) is 0 Å². The smallest absolute Gasteiger partial charge is 0.160 e. The second-order valence-electron chi connectivity index (χ2n) is 2.98. The fraction of sp³-hybridized carbons (Fsp3) is 0.400. The maximum absolute atomic E-state index is 13.4. The van der Waals surface area contributed by atoms with Gasteiger partial charge in [-0.15, -0.1) is 0 Å². The van der Waals surface area contributed by atoms with E-state index in [4.69, 9.17) is 10.5 Å². The molecule has 0 heterocycles. The molecule has 1 aromatic rings. The second-order valence-corrected chi connectivity index (χ2v) is 2.98.